The molecular weight excluding hydrogens is 458 g/mol. The smallest absolute Gasteiger partial charge is 0.314 e. The summed E-state index contributed by atoms with van der Waals surface area (Å²) < 4.78 is 27.8. The Morgan fingerprint density at radius 2 is 1.68 bits per heavy atom. The van der Waals surface area contributed by atoms with Crippen LogP contribution in [-0.2, 0) is 26.0 Å². The summed E-state index contributed by atoms with van der Waals surface area (Å²) in [5, 5.41) is 5.26. The van der Waals surface area contributed by atoms with E-state index in [9.17, 15) is 22.8 Å². The Morgan fingerprint density at radius 1 is 1.03 bits per heavy atom. The first-order valence-electron chi connectivity index (χ1n) is 11.6. The average molecular weight is 498 g/mol. The Hall–Kier alpha value is -2.66. The van der Waals surface area contributed by atoms with Crippen molar-refractivity contribution in [2.45, 2.75) is 58.5 Å². The molecule has 0 aliphatic rings. The molecule has 0 aromatic heterocycles. The van der Waals surface area contributed by atoms with Crippen molar-refractivity contribution in [2.24, 2.45) is 11.7 Å². The Kier molecular flexibility index (Phi) is 12.6. The van der Waals surface area contributed by atoms with Gasteiger partial charge in [-0.05, 0) is 37.7 Å². The van der Waals surface area contributed by atoms with Gasteiger partial charge in [0.1, 0.15) is 12.1 Å². The lowest BCUT2D eigenvalue weighted by molar-refractivity contribution is -0.129. The average Bonchev–Trinajstić information content (AvgIpc) is 2.77. The van der Waals surface area contributed by atoms with Crippen LogP contribution < -0.4 is 21.1 Å². The second-order valence-electron chi connectivity index (χ2n) is 8.61. The first kappa shape index (κ1) is 29.4. The molecule has 0 bridgehead atoms. The minimum atomic E-state index is -3.76. The molecule has 1 rings (SSSR count). The summed E-state index contributed by atoms with van der Waals surface area (Å²) in [5.41, 5.74) is 6.13. The van der Waals surface area contributed by atoms with Crippen LogP contribution >= 0.6 is 0 Å². The van der Waals surface area contributed by atoms with E-state index in [1.54, 1.807) is 6.92 Å². The largest absolute Gasteiger partial charge is 0.357 e. The van der Waals surface area contributed by atoms with Crippen LogP contribution in [0.15, 0.2) is 30.3 Å². The van der Waals surface area contributed by atoms with Crippen LogP contribution in [0, 0.1) is 5.92 Å². The summed E-state index contributed by atoms with van der Waals surface area (Å²) in [4.78, 5) is 38.1. The fourth-order valence-corrected chi connectivity index (χ4v) is 4.82. The highest BCUT2D eigenvalue weighted by Gasteiger charge is 2.29. The van der Waals surface area contributed by atoms with E-state index >= 15 is 0 Å². The van der Waals surface area contributed by atoms with Crippen LogP contribution in [0.5, 0.6) is 0 Å². The van der Waals surface area contributed by atoms with E-state index < -0.39 is 34.0 Å². The number of primary amides is 1. The molecule has 0 aliphatic carbocycles. The number of benzene rings is 1. The van der Waals surface area contributed by atoms with Crippen LogP contribution in [0.25, 0.3) is 0 Å². The summed E-state index contributed by atoms with van der Waals surface area (Å²) in [5.74, 6) is -1.06. The zero-order valence-corrected chi connectivity index (χ0v) is 21.4. The Morgan fingerprint density at radius 3 is 2.21 bits per heavy atom. The third-order valence-electron chi connectivity index (χ3n) is 5.29. The van der Waals surface area contributed by atoms with E-state index in [1.807, 2.05) is 44.2 Å². The van der Waals surface area contributed by atoms with Crippen LogP contribution in [0.3, 0.4) is 0 Å². The number of nitrogens with one attached hydrogen (secondary N) is 3. The summed E-state index contributed by atoms with van der Waals surface area (Å²) in [6.45, 7) is 6.38. The van der Waals surface area contributed by atoms with Gasteiger partial charge in [-0.3, -0.25) is 9.59 Å². The van der Waals surface area contributed by atoms with Gasteiger partial charge in [0.05, 0.1) is 5.75 Å². The summed E-state index contributed by atoms with van der Waals surface area (Å²) in [7, 11) is -2.28. The van der Waals surface area contributed by atoms with E-state index in [2.05, 4.69) is 15.4 Å². The van der Waals surface area contributed by atoms with Gasteiger partial charge in [0.2, 0.25) is 21.8 Å². The fraction of sp³-hybridized carbons (Fsp3) is 0.609. The first-order valence-corrected chi connectivity index (χ1v) is 13.2. The number of carbonyl (C=O) groups is 3. The van der Waals surface area contributed by atoms with Gasteiger partial charge in [-0.1, -0.05) is 44.2 Å². The van der Waals surface area contributed by atoms with Crippen molar-refractivity contribution in [1.29, 1.82) is 0 Å². The maximum atomic E-state index is 13.0. The Labute approximate surface area is 203 Å². The second-order valence-corrected chi connectivity index (χ2v) is 10.5. The lowest BCUT2D eigenvalue weighted by Gasteiger charge is -2.24. The lowest BCUT2D eigenvalue weighted by atomic mass is 10.0. The number of hydrogen-bond acceptors (Lipinski definition) is 5. The zero-order chi connectivity index (χ0) is 25.7. The first-order chi connectivity index (χ1) is 16.0. The van der Waals surface area contributed by atoms with Gasteiger partial charge in [0, 0.05) is 26.6 Å². The van der Waals surface area contributed by atoms with Gasteiger partial charge in [-0.25, -0.2) is 17.9 Å². The monoisotopic (exact) mass is 497 g/mol. The van der Waals surface area contributed by atoms with Crippen molar-refractivity contribution in [3.63, 3.8) is 0 Å². The van der Waals surface area contributed by atoms with Crippen LogP contribution in [-0.4, -0.2) is 69.1 Å². The molecule has 0 saturated carbocycles. The Balaban J connectivity index is 2.82. The third kappa shape index (κ3) is 11.0. The second kappa shape index (κ2) is 14.6. The fourth-order valence-electron chi connectivity index (χ4n) is 3.48. The van der Waals surface area contributed by atoms with E-state index in [4.69, 9.17) is 5.73 Å². The number of carbonyl (C=O) groups excluding carboxylic acids is 3. The molecule has 0 spiro atoms. The molecule has 2 atom stereocenters. The summed E-state index contributed by atoms with van der Waals surface area (Å²) in [6, 6.07) is 6.87. The predicted molar refractivity (Wildman–Crippen MR) is 132 cm³/mol. The number of nitrogens with zero attached hydrogens (tertiary/aromatic N) is 1. The van der Waals surface area contributed by atoms with Gasteiger partial charge >= 0.3 is 6.03 Å². The van der Waals surface area contributed by atoms with E-state index in [0.29, 0.717) is 25.9 Å². The number of unbranched alkanes of at least 4 members (excludes halogenated alkanes) is 1. The van der Waals surface area contributed by atoms with Gasteiger partial charge in [-0.2, -0.15) is 0 Å². The molecule has 0 radical (unpaired) electrons. The molecule has 4 amide bonds. The maximum absolute atomic E-state index is 13.0. The normalized spacial score (nSPS) is 13.2. The molecule has 1 aromatic carbocycles. The number of rotatable bonds is 15. The lowest BCUT2D eigenvalue weighted by Crippen LogP contribution is -2.54. The van der Waals surface area contributed by atoms with Crippen LogP contribution in [0.1, 0.15) is 45.6 Å². The molecule has 0 aliphatic heterocycles. The highest BCUT2D eigenvalue weighted by atomic mass is 32.2. The minimum Gasteiger partial charge on any atom is -0.357 e. The van der Waals surface area contributed by atoms with Crippen molar-refractivity contribution in [1.82, 2.24) is 20.3 Å². The molecule has 192 valence electrons. The number of hydrogen-bond donors (Lipinski definition) is 4. The van der Waals surface area contributed by atoms with Crippen LogP contribution in [0.2, 0.25) is 0 Å². The van der Waals surface area contributed by atoms with Gasteiger partial charge in [0.15, 0.2) is 0 Å². The van der Waals surface area contributed by atoms with Crippen molar-refractivity contribution in [3.05, 3.63) is 35.9 Å². The Bertz CT molecular complexity index is 892. The number of likely N-dealkylation sites (N-methyl/N-ethyl adjacent to an activating group) is 1. The highest BCUT2D eigenvalue weighted by molar-refractivity contribution is 7.89. The molecule has 0 heterocycles. The molecule has 0 saturated heterocycles. The topological polar surface area (TPSA) is 151 Å². The van der Waals surface area contributed by atoms with Crippen molar-refractivity contribution in [3.8, 4) is 0 Å². The molecule has 34 heavy (non-hydrogen) atoms. The number of sulfonamides is 1. The molecular formula is C23H39N5O5S. The van der Waals surface area contributed by atoms with Gasteiger partial charge < -0.3 is 21.3 Å². The van der Waals surface area contributed by atoms with Crippen molar-refractivity contribution in [2.75, 3.05) is 25.9 Å². The SMILES string of the molecule is CCN(CCCCS(=O)(=O)N[C@@H](CC(C)C)C(=O)N[C@@H](Cc1ccccc1)C(=O)NC)C(N)=O. The number of nitrogens with two attached hydrogens (primary N) is 1. The summed E-state index contributed by atoms with van der Waals surface area (Å²) >= 11 is 0. The minimum absolute atomic E-state index is 0.0414. The van der Waals surface area contributed by atoms with Gasteiger partial charge in [-0.15, -0.1) is 0 Å². The van der Waals surface area contributed by atoms with E-state index in [0.717, 1.165) is 5.56 Å². The van der Waals surface area contributed by atoms with E-state index in [1.165, 1.54) is 11.9 Å². The van der Waals surface area contributed by atoms with E-state index in [-0.39, 0.29) is 30.4 Å². The van der Waals surface area contributed by atoms with Crippen molar-refractivity contribution >= 4 is 27.9 Å². The summed E-state index contributed by atoms with van der Waals surface area (Å²) in [6.07, 6.45) is 1.34. The molecule has 10 nitrogen and oxygen atoms in total. The number of amides is 4. The number of urea groups is 1. The van der Waals surface area contributed by atoms with Crippen molar-refractivity contribution < 1.29 is 22.8 Å². The zero-order valence-electron chi connectivity index (χ0n) is 20.5. The maximum Gasteiger partial charge on any atom is 0.314 e. The van der Waals surface area contributed by atoms with Crippen LogP contribution in [0.4, 0.5) is 4.79 Å². The molecule has 0 unspecified atom stereocenters. The highest BCUT2D eigenvalue weighted by Crippen LogP contribution is 2.10. The molecule has 11 heteroatoms. The molecule has 1 aromatic rings. The quantitative estimate of drug-likeness (QED) is 0.266. The molecule has 5 N–H and O–H groups in total. The molecule has 0 fully saturated rings. The standard InChI is InChI=1S/C23H39N5O5S/c1-5-28(23(24)31)13-9-10-14-34(32,33)27-20(15-17(2)3)22(30)26-19(21(29)25-4)16-18-11-7-6-8-12-18/h6-8,11-12,17,19-20,27H,5,9-10,13-16H2,1-4H3,(H2,24,31)(H,25,29)(H,26,30)/t19-,20-/m0/s1. The van der Waals surface area contributed by atoms with Gasteiger partial charge in [0.25, 0.3) is 0 Å². The predicted octanol–water partition coefficient (Wildman–Crippen LogP) is 0.975. The third-order valence-corrected chi connectivity index (χ3v) is 6.76.